The first-order chi connectivity index (χ1) is 8.20. The molecule has 2 rings (SSSR count). The highest BCUT2D eigenvalue weighted by Gasteiger charge is 2.25. The lowest BCUT2D eigenvalue weighted by Crippen LogP contribution is -2.35. The number of aromatic nitrogens is 1. The highest BCUT2D eigenvalue weighted by atomic mass is 16.5. The van der Waals surface area contributed by atoms with Crippen LogP contribution in [-0.4, -0.2) is 22.3 Å². The zero-order valence-corrected chi connectivity index (χ0v) is 10.2. The molecule has 0 aromatic carbocycles. The third-order valence-electron chi connectivity index (χ3n) is 3.21. The van der Waals surface area contributed by atoms with Crippen molar-refractivity contribution < 1.29 is 9.84 Å². The first kappa shape index (κ1) is 12.3. The highest BCUT2D eigenvalue weighted by Crippen LogP contribution is 2.25. The number of aliphatic hydroxyl groups excluding tert-OH is 1. The Morgan fingerprint density at radius 1 is 1.41 bits per heavy atom. The second-order valence-corrected chi connectivity index (χ2v) is 4.61. The zero-order valence-electron chi connectivity index (χ0n) is 10.2. The molecule has 0 amide bonds. The summed E-state index contributed by atoms with van der Waals surface area (Å²) in [4.78, 5) is 4.35. The van der Waals surface area contributed by atoms with E-state index < -0.39 is 0 Å². The third-order valence-corrected chi connectivity index (χ3v) is 3.21. The molecule has 4 heteroatoms. The van der Waals surface area contributed by atoms with E-state index in [4.69, 9.17) is 10.5 Å². The molecule has 2 unspecified atom stereocenters. The molecule has 1 saturated carbocycles. The molecule has 0 saturated heterocycles. The molecule has 1 aromatic heterocycles. The number of nitrogens with zero attached hydrogens (tertiary/aromatic N) is 1. The van der Waals surface area contributed by atoms with Crippen molar-refractivity contribution in [2.45, 2.75) is 51.4 Å². The number of aryl methyl sites for hydroxylation is 1. The summed E-state index contributed by atoms with van der Waals surface area (Å²) in [5.41, 5.74) is 7.35. The van der Waals surface area contributed by atoms with Gasteiger partial charge in [-0.05, 0) is 38.3 Å². The fourth-order valence-electron chi connectivity index (χ4n) is 2.23. The summed E-state index contributed by atoms with van der Waals surface area (Å²) in [5, 5.41) is 9.87. The molecule has 0 radical (unpaired) electrons. The maximum Gasteiger partial charge on any atom is 0.142 e. The average molecular weight is 236 g/mol. The fraction of sp³-hybridized carbons (Fsp3) is 0.615. The number of pyridine rings is 1. The fourth-order valence-corrected chi connectivity index (χ4v) is 2.23. The molecule has 4 nitrogen and oxygen atoms in total. The quantitative estimate of drug-likeness (QED) is 0.835. The monoisotopic (exact) mass is 236 g/mol. The molecule has 1 aliphatic rings. The number of hydrogen-bond acceptors (Lipinski definition) is 4. The molecule has 17 heavy (non-hydrogen) atoms. The van der Waals surface area contributed by atoms with Gasteiger partial charge in [-0.3, -0.25) is 4.98 Å². The number of aliphatic hydroxyl groups is 1. The molecular weight excluding hydrogens is 216 g/mol. The second kappa shape index (κ2) is 5.47. The number of rotatable bonds is 3. The summed E-state index contributed by atoms with van der Waals surface area (Å²) in [6.07, 6.45) is 3.44. The van der Waals surface area contributed by atoms with Crippen LogP contribution in [0.25, 0.3) is 0 Å². The number of hydrogen-bond donors (Lipinski definition) is 2. The normalized spacial score (nSPS) is 24.6. The SMILES string of the molecule is Cc1ccc(OC2CCCCC2O)c(CN)n1. The molecule has 3 N–H and O–H groups in total. The lowest BCUT2D eigenvalue weighted by Gasteiger charge is -2.28. The highest BCUT2D eigenvalue weighted by molar-refractivity contribution is 5.29. The van der Waals surface area contributed by atoms with Gasteiger partial charge in [0.2, 0.25) is 0 Å². The molecule has 94 valence electrons. The van der Waals surface area contributed by atoms with Gasteiger partial charge in [0.1, 0.15) is 11.9 Å². The molecular formula is C13H20N2O2. The second-order valence-electron chi connectivity index (χ2n) is 4.61. The summed E-state index contributed by atoms with van der Waals surface area (Å²) in [7, 11) is 0. The van der Waals surface area contributed by atoms with E-state index in [1.54, 1.807) is 0 Å². The van der Waals surface area contributed by atoms with E-state index in [1.165, 1.54) is 0 Å². The lowest BCUT2D eigenvalue weighted by molar-refractivity contribution is 0.00617. The Kier molecular flexibility index (Phi) is 3.97. The maximum absolute atomic E-state index is 9.87. The van der Waals surface area contributed by atoms with Gasteiger partial charge in [0, 0.05) is 12.2 Å². The Labute approximate surface area is 102 Å². The molecule has 1 aromatic rings. The van der Waals surface area contributed by atoms with Gasteiger partial charge in [-0.2, -0.15) is 0 Å². The van der Waals surface area contributed by atoms with Crippen LogP contribution in [0.5, 0.6) is 5.75 Å². The van der Waals surface area contributed by atoms with Crippen LogP contribution in [0, 0.1) is 6.92 Å². The minimum Gasteiger partial charge on any atom is -0.486 e. The number of ether oxygens (including phenoxy) is 1. The molecule has 0 spiro atoms. The summed E-state index contributed by atoms with van der Waals surface area (Å²) < 4.78 is 5.85. The summed E-state index contributed by atoms with van der Waals surface area (Å²) in [5.74, 6) is 0.712. The summed E-state index contributed by atoms with van der Waals surface area (Å²) in [6, 6.07) is 3.80. The maximum atomic E-state index is 9.87. The number of nitrogens with two attached hydrogens (primary N) is 1. The van der Waals surface area contributed by atoms with E-state index in [-0.39, 0.29) is 12.2 Å². The Hall–Kier alpha value is -1.13. The predicted molar refractivity (Wildman–Crippen MR) is 65.8 cm³/mol. The molecule has 1 heterocycles. The molecule has 0 bridgehead atoms. The first-order valence-corrected chi connectivity index (χ1v) is 6.22. The van der Waals surface area contributed by atoms with Crippen LogP contribution in [0.3, 0.4) is 0 Å². The van der Waals surface area contributed by atoms with E-state index in [0.29, 0.717) is 12.3 Å². The van der Waals surface area contributed by atoms with E-state index >= 15 is 0 Å². The van der Waals surface area contributed by atoms with Crippen molar-refractivity contribution in [3.05, 3.63) is 23.5 Å². The van der Waals surface area contributed by atoms with Crippen LogP contribution in [0.1, 0.15) is 37.1 Å². The first-order valence-electron chi connectivity index (χ1n) is 6.22. The van der Waals surface area contributed by atoms with E-state index in [1.807, 2.05) is 19.1 Å². The van der Waals surface area contributed by atoms with Crippen LogP contribution >= 0.6 is 0 Å². The minimum atomic E-state index is -0.365. The van der Waals surface area contributed by atoms with Gasteiger partial charge in [-0.1, -0.05) is 6.42 Å². The van der Waals surface area contributed by atoms with Crippen LogP contribution in [-0.2, 0) is 6.54 Å². The van der Waals surface area contributed by atoms with Gasteiger partial charge in [-0.15, -0.1) is 0 Å². The van der Waals surface area contributed by atoms with Gasteiger partial charge in [0.15, 0.2) is 0 Å². The molecule has 2 atom stereocenters. The Morgan fingerprint density at radius 3 is 2.88 bits per heavy atom. The molecule has 0 aliphatic heterocycles. The van der Waals surface area contributed by atoms with Crippen LogP contribution in [0.2, 0.25) is 0 Å². The predicted octanol–water partition coefficient (Wildman–Crippen LogP) is 1.53. The van der Waals surface area contributed by atoms with Crippen LogP contribution < -0.4 is 10.5 Å². The Balaban J connectivity index is 2.11. The van der Waals surface area contributed by atoms with Crippen molar-refractivity contribution in [2.24, 2.45) is 5.73 Å². The van der Waals surface area contributed by atoms with Gasteiger partial charge >= 0.3 is 0 Å². The molecule has 1 fully saturated rings. The molecule has 1 aliphatic carbocycles. The van der Waals surface area contributed by atoms with Gasteiger partial charge in [0.25, 0.3) is 0 Å². The largest absolute Gasteiger partial charge is 0.486 e. The van der Waals surface area contributed by atoms with Gasteiger partial charge < -0.3 is 15.6 Å². The topological polar surface area (TPSA) is 68.4 Å². The smallest absolute Gasteiger partial charge is 0.142 e. The summed E-state index contributed by atoms with van der Waals surface area (Å²) >= 11 is 0. The van der Waals surface area contributed by atoms with Crippen molar-refractivity contribution in [2.75, 3.05) is 0 Å². The van der Waals surface area contributed by atoms with Crippen molar-refractivity contribution in [1.29, 1.82) is 0 Å². The van der Waals surface area contributed by atoms with Gasteiger partial charge in [-0.25, -0.2) is 0 Å². The third kappa shape index (κ3) is 2.96. The standard InChI is InChI=1S/C13H20N2O2/c1-9-6-7-12(10(8-14)15-9)17-13-5-3-2-4-11(13)16/h6-7,11,13,16H,2-5,8,14H2,1H3. The Morgan fingerprint density at radius 2 is 2.18 bits per heavy atom. The minimum absolute atomic E-state index is 0.112. The van der Waals surface area contributed by atoms with E-state index in [0.717, 1.165) is 37.1 Å². The Bertz CT molecular complexity index is 382. The van der Waals surface area contributed by atoms with Crippen molar-refractivity contribution in [3.8, 4) is 5.75 Å². The van der Waals surface area contributed by atoms with E-state index in [9.17, 15) is 5.11 Å². The average Bonchev–Trinajstić information content (AvgIpc) is 2.34. The lowest BCUT2D eigenvalue weighted by atomic mass is 9.95. The van der Waals surface area contributed by atoms with E-state index in [2.05, 4.69) is 4.98 Å². The van der Waals surface area contributed by atoms with Crippen molar-refractivity contribution >= 4 is 0 Å². The van der Waals surface area contributed by atoms with Crippen LogP contribution in [0.15, 0.2) is 12.1 Å². The van der Waals surface area contributed by atoms with Crippen molar-refractivity contribution in [3.63, 3.8) is 0 Å². The van der Waals surface area contributed by atoms with Crippen molar-refractivity contribution in [1.82, 2.24) is 4.98 Å². The van der Waals surface area contributed by atoms with Gasteiger partial charge in [0.05, 0.1) is 11.8 Å². The van der Waals surface area contributed by atoms with Crippen LogP contribution in [0.4, 0.5) is 0 Å². The zero-order chi connectivity index (χ0) is 12.3. The summed E-state index contributed by atoms with van der Waals surface area (Å²) in [6.45, 7) is 2.29.